The second-order valence-corrected chi connectivity index (χ2v) is 5.27. The summed E-state index contributed by atoms with van der Waals surface area (Å²) in [4.78, 5) is 23.9. The van der Waals surface area contributed by atoms with Crippen LogP contribution in [0.25, 0.3) is 6.08 Å². The molecule has 3 N–H and O–H groups in total. The molecule has 0 aliphatic carbocycles. The average Bonchev–Trinajstić information content (AvgIpc) is 2.98. The van der Waals surface area contributed by atoms with Gasteiger partial charge in [-0.25, -0.2) is 0 Å². The molecule has 0 spiro atoms. The molecule has 5 nitrogen and oxygen atoms in total. The lowest BCUT2D eigenvalue weighted by Gasteiger charge is -2.27. The number of amides is 2. The first-order valence-corrected chi connectivity index (χ1v) is 6.89. The van der Waals surface area contributed by atoms with Crippen LogP contribution in [0.3, 0.4) is 0 Å². The zero-order valence-electron chi connectivity index (χ0n) is 11.9. The van der Waals surface area contributed by atoms with Gasteiger partial charge in [0.1, 0.15) is 11.3 Å². The molecule has 1 heterocycles. The maximum atomic E-state index is 12.0. The molecule has 1 aromatic carbocycles. The second kappa shape index (κ2) is 6.49. The van der Waals surface area contributed by atoms with Crippen LogP contribution in [0.2, 0.25) is 5.02 Å². The Morgan fingerprint density at radius 3 is 2.68 bits per heavy atom. The molecule has 0 fully saturated rings. The molecule has 1 atom stereocenters. The van der Waals surface area contributed by atoms with E-state index >= 15 is 0 Å². The van der Waals surface area contributed by atoms with Gasteiger partial charge in [0, 0.05) is 11.1 Å². The van der Waals surface area contributed by atoms with Crippen LogP contribution < -0.4 is 11.1 Å². The number of nitrogens with two attached hydrogens (primary N) is 1. The van der Waals surface area contributed by atoms with Gasteiger partial charge in [0.25, 0.3) is 0 Å². The Balaban J connectivity index is 2.21. The standard InChI is InChI=1S/C16H15ClN2O3/c1-16(15(18)21,11-4-2-5-12(17)10-11)19-14(20)8-7-13-6-3-9-22-13/h2-10H,1H3,(H2,18,21)(H,19,20)/b8-7+/t16-/m1/s1. The topological polar surface area (TPSA) is 85.3 Å². The van der Waals surface area contributed by atoms with Crippen molar-refractivity contribution in [3.05, 3.63) is 65.1 Å². The summed E-state index contributed by atoms with van der Waals surface area (Å²) in [5.41, 5.74) is 4.59. The third-order valence-electron chi connectivity index (χ3n) is 3.21. The number of hydrogen-bond acceptors (Lipinski definition) is 3. The van der Waals surface area contributed by atoms with Gasteiger partial charge in [-0.1, -0.05) is 23.7 Å². The summed E-state index contributed by atoms with van der Waals surface area (Å²) in [6, 6.07) is 10.0. The molecule has 0 saturated heterocycles. The van der Waals surface area contributed by atoms with Crippen LogP contribution in [0, 0.1) is 0 Å². The third-order valence-corrected chi connectivity index (χ3v) is 3.45. The molecule has 6 heteroatoms. The molecule has 1 aromatic heterocycles. The molecule has 0 radical (unpaired) electrons. The summed E-state index contributed by atoms with van der Waals surface area (Å²) in [7, 11) is 0. The van der Waals surface area contributed by atoms with E-state index in [1.807, 2.05) is 0 Å². The molecule has 114 valence electrons. The van der Waals surface area contributed by atoms with Gasteiger partial charge in [-0.3, -0.25) is 9.59 Å². The van der Waals surface area contributed by atoms with Gasteiger partial charge in [-0.2, -0.15) is 0 Å². The van der Waals surface area contributed by atoms with Gasteiger partial charge < -0.3 is 15.5 Å². The van der Waals surface area contributed by atoms with E-state index in [4.69, 9.17) is 21.8 Å². The summed E-state index contributed by atoms with van der Waals surface area (Å²) >= 11 is 5.93. The highest BCUT2D eigenvalue weighted by atomic mass is 35.5. The van der Waals surface area contributed by atoms with Gasteiger partial charge in [0.2, 0.25) is 11.8 Å². The number of furan rings is 1. The van der Waals surface area contributed by atoms with Gasteiger partial charge in [-0.05, 0) is 42.8 Å². The summed E-state index contributed by atoms with van der Waals surface area (Å²) in [5, 5.41) is 3.05. The summed E-state index contributed by atoms with van der Waals surface area (Å²) in [6.45, 7) is 1.53. The van der Waals surface area contributed by atoms with Crippen molar-refractivity contribution in [2.45, 2.75) is 12.5 Å². The van der Waals surface area contributed by atoms with E-state index < -0.39 is 17.4 Å². The smallest absolute Gasteiger partial charge is 0.247 e. The van der Waals surface area contributed by atoms with Crippen molar-refractivity contribution in [1.29, 1.82) is 0 Å². The minimum absolute atomic E-state index is 0.449. The van der Waals surface area contributed by atoms with Crippen molar-refractivity contribution in [3.8, 4) is 0 Å². The minimum Gasteiger partial charge on any atom is -0.465 e. The van der Waals surface area contributed by atoms with E-state index in [0.717, 1.165) is 0 Å². The molecule has 0 aliphatic rings. The van der Waals surface area contributed by atoms with Crippen molar-refractivity contribution in [3.63, 3.8) is 0 Å². The summed E-state index contributed by atoms with van der Waals surface area (Å²) in [5.74, 6) is -0.633. The molecule has 0 aliphatic heterocycles. The highest BCUT2D eigenvalue weighted by Crippen LogP contribution is 2.23. The molecule has 2 aromatic rings. The van der Waals surface area contributed by atoms with Gasteiger partial charge in [0.05, 0.1) is 6.26 Å². The maximum absolute atomic E-state index is 12.0. The second-order valence-electron chi connectivity index (χ2n) is 4.84. The predicted molar refractivity (Wildman–Crippen MR) is 83.9 cm³/mol. The maximum Gasteiger partial charge on any atom is 0.247 e. The van der Waals surface area contributed by atoms with Crippen LogP contribution in [0.15, 0.2) is 53.2 Å². The first-order chi connectivity index (χ1) is 10.4. The first-order valence-electron chi connectivity index (χ1n) is 6.51. The number of halogens is 1. The number of carbonyl (C=O) groups excluding carboxylic acids is 2. The van der Waals surface area contributed by atoms with E-state index in [2.05, 4.69) is 5.32 Å². The molecular weight excluding hydrogens is 304 g/mol. The lowest BCUT2D eigenvalue weighted by molar-refractivity contribution is -0.129. The van der Waals surface area contributed by atoms with Crippen LogP contribution in [-0.4, -0.2) is 11.8 Å². The van der Waals surface area contributed by atoms with E-state index in [9.17, 15) is 9.59 Å². The molecule has 2 rings (SSSR count). The van der Waals surface area contributed by atoms with Crippen LogP contribution in [0.5, 0.6) is 0 Å². The third kappa shape index (κ3) is 3.56. The Morgan fingerprint density at radius 1 is 1.32 bits per heavy atom. The highest BCUT2D eigenvalue weighted by Gasteiger charge is 2.34. The highest BCUT2D eigenvalue weighted by molar-refractivity contribution is 6.30. The number of rotatable bonds is 5. The van der Waals surface area contributed by atoms with Gasteiger partial charge >= 0.3 is 0 Å². The fourth-order valence-corrected chi connectivity index (χ4v) is 2.10. The normalized spacial score (nSPS) is 13.7. The van der Waals surface area contributed by atoms with Crippen LogP contribution >= 0.6 is 11.6 Å². The Hall–Kier alpha value is -2.53. The number of benzene rings is 1. The van der Waals surface area contributed by atoms with Crippen molar-refractivity contribution in [2.75, 3.05) is 0 Å². The lowest BCUT2D eigenvalue weighted by Crippen LogP contribution is -2.52. The van der Waals surface area contributed by atoms with Crippen molar-refractivity contribution < 1.29 is 14.0 Å². The number of nitrogens with one attached hydrogen (secondary N) is 1. The molecule has 0 unspecified atom stereocenters. The zero-order chi connectivity index (χ0) is 16.2. The Morgan fingerprint density at radius 2 is 2.09 bits per heavy atom. The molecule has 0 saturated carbocycles. The van der Waals surface area contributed by atoms with Crippen LogP contribution in [0.4, 0.5) is 0 Å². The lowest BCUT2D eigenvalue weighted by atomic mass is 9.91. The van der Waals surface area contributed by atoms with Crippen molar-refractivity contribution in [2.24, 2.45) is 5.73 Å². The van der Waals surface area contributed by atoms with Gasteiger partial charge in [0.15, 0.2) is 0 Å². The molecule has 2 amide bonds. The van der Waals surface area contributed by atoms with Crippen molar-refractivity contribution in [1.82, 2.24) is 5.32 Å². The number of carbonyl (C=O) groups is 2. The molecular formula is C16H15ClN2O3. The fraction of sp³-hybridized carbons (Fsp3) is 0.125. The monoisotopic (exact) mass is 318 g/mol. The van der Waals surface area contributed by atoms with Gasteiger partial charge in [-0.15, -0.1) is 0 Å². The summed E-state index contributed by atoms with van der Waals surface area (Å²) < 4.78 is 5.09. The van der Waals surface area contributed by atoms with Crippen LogP contribution in [0.1, 0.15) is 18.2 Å². The zero-order valence-corrected chi connectivity index (χ0v) is 12.6. The largest absolute Gasteiger partial charge is 0.465 e. The Kier molecular flexibility index (Phi) is 4.68. The first kappa shape index (κ1) is 15.9. The van der Waals surface area contributed by atoms with E-state index in [1.54, 1.807) is 36.4 Å². The number of primary amides is 1. The average molecular weight is 319 g/mol. The SMILES string of the molecule is C[C@](NC(=O)/C=C/c1ccco1)(C(N)=O)c1cccc(Cl)c1. The predicted octanol–water partition coefficient (Wildman–Crippen LogP) is 2.46. The Labute approximate surface area is 132 Å². The minimum atomic E-state index is -1.37. The fourth-order valence-electron chi connectivity index (χ4n) is 1.91. The summed E-state index contributed by atoms with van der Waals surface area (Å²) in [6.07, 6.45) is 4.26. The van der Waals surface area contributed by atoms with E-state index in [0.29, 0.717) is 16.3 Å². The Bertz CT molecular complexity index is 710. The van der Waals surface area contributed by atoms with E-state index in [-0.39, 0.29) is 0 Å². The quantitative estimate of drug-likeness (QED) is 0.830. The molecule has 22 heavy (non-hydrogen) atoms. The van der Waals surface area contributed by atoms with E-state index in [1.165, 1.54) is 25.3 Å². The van der Waals surface area contributed by atoms with Crippen molar-refractivity contribution >= 4 is 29.5 Å². The van der Waals surface area contributed by atoms with Crippen LogP contribution in [-0.2, 0) is 15.1 Å². The number of hydrogen-bond donors (Lipinski definition) is 2. The molecule has 0 bridgehead atoms.